The minimum Gasteiger partial charge on any atom is -0.478 e. The summed E-state index contributed by atoms with van der Waals surface area (Å²) in [6.07, 6.45) is 1.14. The fourth-order valence-electron chi connectivity index (χ4n) is 5.40. The van der Waals surface area contributed by atoms with E-state index < -0.39 is 5.97 Å². The van der Waals surface area contributed by atoms with E-state index in [4.69, 9.17) is 16.7 Å². The third kappa shape index (κ3) is 3.67. The number of aromatic nitrogens is 2. The van der Waals surface area contributed by atoms with Crippen molar-refractivity contribution in [3.8, 4) is 5.69 Å². The number of halogens is 1. The molecule has 0 amide bonds. The SMILES string of the molecule is Cc1nn(-c2ccccc2C(=O)O)c2c1[C@@H](c1ccc(Cl)cc1)C1=C(C[C@@H](c3cccs3)CC1=O)N2. The van der Waals surface area contributed by atoms with Gasteiger partial charge in [0.05, 0.1) is 16.9 Å². The average Bonchev–Trinajstić information content (AvgIpc) is 3.52. The van der Waals surface area contributed by atoms with E-state index in [-0.39, 0.29) is 23.2 Å². The summed E-state index contributed by atoms with van der Waals surface area (Å²) in [6, 6.07) is 18.5. The highest BCUT2D eigenvalue weighted by Crippen LogP contribution is 2.50. The third-order valence-corrected chi connectivity index (χ3v) is 8.26. The molecule has 180 valence electrons. The number of hydrogen-bond acceptors (Lipinski definition) is 5. The van der Waals surface area contributed by atoms with Crippen LogP contribution in [0.2, 0.25) is 5.02 Å². The molecule has 2 atom stereocenters. The van der Waals surface area contributed by atoms with Crippen LogP contribution in [0.4, 0.5) is 5.82 Å². The van der Waals surface area contributed by atoms with E-state index in [1.807, 2.05) is 42.6 Å². The molecule has 4 aromatic rings. The van der Waals surface area contributed by atoms with Crippen LogP contribution in [0.15, 0.2) is 77.3 Å². The van der Waals surface area contributed by atoms with Crippen LogP contribution in [0.5, 0.6) is 0 Å². The molecule has 2 N–H and O–H groups in total. The highest BCUT2D eigenvalue weighted by molar-refractivity contribution is 7.10. The predicted octanol–water partition coefficient (Wildman–Crippen LogP) is 6.55. The molecule has 0 saturated carbocycles. The standard InChI is InChI=1S/C28H22ClN3O3S/c1-15-24-25(16-8-10-18(29)11-9-16)26-20(13-17(14-22(26)33)23-7-4-12-36-23)30-27(24)32(31-15)21-6-3-2-5-19(21)28(34)35/h2-12,17,25,30H,13-14H2,1H3,(H,34,35)/t17-,25-/m1/s1. The smallest absolute Gasteiger partial charge is 0.337 e. The first-order valence-electron chi connectivity index (χ1n) is 11.7. The Morgan fingerprint density at radius 1 is 1.11 bits per heavy atom. The van der Waals surface area contributed by atoms with E-state index in [0.717, 1.165) is 28.1 Å². The highest BCUT2D eigenvalue weighted by atomic mass is 35.5. The normalized spacial score (nSPS) is 19.0. The quantitative estimate of drug-likeness (QED) is 0.322. The Morgan fingerprint density at radius 3 is 2.61 bits per heavy atom. The number of aryl methyl sites for hydroxylation is 1. The number of fused-ring (bicyclic) bond motifs is 1. The van der Waals surface area contributed by atoms with Crippen molar-refractivity contribution < 1.29 is 14.7 Å². The number of nitrogens with zero attached hydrogens (tertiary/aromatic N) is 2. The molecule has 2 aromatic carbocycles. The van der Waals surface area contributed by atoms with Gasteiger partial charge in [-0.05, 0) is 54.6 Å². The van der Waals surface area contributed by atoms with Crippen molar-refractivity contribution in [2.45, 2.75) is 31.6 Å². The number of carbonyl (C=O) groups is 2. The van der Waals surface area contributed by atoms with Crippen LogP contribution in [0.1, 0.15) is 56.7 Å². The van der Waals surface area contributed by atoms with E-state index in [1.165, 1.54) is 4.88 Å². The van der Waals surface area contributed by atoms with E-state index in [1.54, 1.807) is 40.3 Å². The summed E-state index contributed by atoms with van der Waals surface area (Å²) in [7, 11) is 0. The van der Waals surface area contributed by atoms with E-state index in [9.17, 15) is 14.7 Å². The molecule has 36 heavy (non-hydrogen) atoms. The third-order valence-electron chi connectivity index (χ3n) is 6.97. The largest absolute Gasteiger partial charge is 0.478 e. The van der Waals surface area contributed by atoms with Gasteiger partial charge in [-0.25, -0.2) is 9.48 Å². The zero-order valence-corrected chi connectivity index (χ0v) is 20.9. The van der Waals surface area contributed by atoms with Crippen LogP contribution in [-0.2, 0) is 4.79 Å². The van der Waals surface area contributed by atoms with Crippen LogP contribution in [0, 0.1) is 6.92 Å². The Balaban J connectivity index is 1.56. The van der Waals surface area contributed by atoms with Gasteiger partial charge < -0.3 is 10.4 Å². The second-order valence-electron chi connectivity index (χ2n) is 9.13. The first-order valence-corrected chi connectivity index (χ1v) is 12.9. The minimum atomic E-state index is -1.02. The maximum atomic E-state index is 13.7. The van der Waals surface area contributed by atoms with Crippen molar-refractivity contribution in [2.24, 2.45) is 0 Å². The van der Waals surface area contributed by atoms with E-state index in [2.05, 4.69) is 11.4 Å². The number of aromatic carboxylic acids is 1. The van der Waals surface area contributed by atoms with Crippen molar-refractivity contribution >= 4 is 40.5 Å². The molecule has 6 rings (SSSR count). The molecule has 0 fully saturated rings. The Bertz CT molecular complexity index is 1540. The first kappa shape index (κ1) is 22.8. The van der Waals surface area contributed by atoms with Gasteiger partial charge in [-0.15, -0.1) is 11.3 Å². The fourth-order valence-corrected chi connectivity index (χ4v) is 6.36. The van der Waals surface area contributed by atoms with Crippen molar-refractivity contribution in [1.82, 2.24) is 9.78 Å². The van der Waals surface area contributed by atoms with Gasteiger partial charge in [-0.3, -0.25) is 4.79 Å². The van der Waals surface area contributed by atoms with Crippen molar-refractivity contribution in [3.63, 3.8) is 0 Å². The van der Waals surface area contributed by atoms with E-state index >= 15 is 0 Å². The molecule has 0 radical (unpaired) electrons. The fraction of sp³-hybridized carbons (Fsp3) is 0.179. The molecule has 2 aromatic heterocycles. The zero-order chi connectivity index (χ0) is 25.0. The number of para-hydroxylation sites is 1. The number of Topliss-reactive ketones (excluding diaryl/α,β-unsaturated/α-hetero) is 1. The zero-order valence-electron chi connectivity index (χ0n) is 19.4. The highest BCUT2D eigenvalue weighted by Gasteiger charge is 2.41. The second kappa shape index (κ2) is 8.76. The lowest BCUT2D eigenvalue weighted by Gasteiger charge is -2.35. The summed E-state index contributed by atoms with van der Waals surface area (Å²) in [4.78, 5) is 26.9. The summed E-state index contributed by atoms with van der Waals surface area (Å²) in [5.41, 5.74) is 4.81. The monoisotopic (exact) mass is 515 g/mol. The molecule has 2 aliphatic rings. The number of carboxylic acids is 1. The van der Waals surface area contributed by atoms with Gasteiger partial charge in [-0.1, -0.05) is 41.9 Å². The van der Waals surface area contributed by atoms with Crippen LogP contribution in [0.3, 0.4) is 0 Å². The maximum Gasteiger partial charge on any atom is 0.337 e. The molecular formula is C28H22ClN3O3S. The number of carbonyl (C=O) groups excluding carboxylic acids is 1. The Hall–Kier alpha value is -3.68. The number of thiophene rings is 1. The number of allylic oxidation sites excluding steroid dienone is 2. The molecular weight excluding hydrogens is 494 g/mol. The summed E-state index contributed by atoms with van der Waals surface area (Å²) in [6.45, 7) is 1.90. The minimum absolute atomic E-state index is 0.0972. The number of carboxylic acid groups (broad SMARTS) is 1. The van der Waals surface area contributed by atoms with Crippen LogP contribution < -0.4 is 5.32 Å². The topological polar surface area (TPSA) is 84.2 Å². The molecule has 0 bridgehead atoms. The van der Waals surface area contributed by atoms with Gasteiger partial charge in [0.15, 0.2) is 5.78 Å². The molecule has 3 heterocycles. The number of benzene rings is 2. The first-order chi connectivity index (χ1) is 17.4. The van der Waals surface area contributed by atoms with Gasteiger partial charge in [0.1, 0.15) is 5.82 Å². The van der Waals surface area contributed by atoms with Crippen LogP contribution in [-0.4, -0.2) is 26.6 Å². The molecule has 6 nitrogen and oxygen atoms in total. The Morgan fingerprint density at radius 2 is 1.89 bits per heavy atom. The lowest BCUT2D eigenvalue weighted by atomic mass is 9.73. The van der Waals surface area contributed by atoms with Crippen molar-refractivity contribution in [2.75, 3.05) is 5.32 Å². The Labute approximate surface area is 216 Å². The summed E-state index contributed by atoms with van der Waals surface area (Å²) >= 11 is 7.86. The number of hydrogen-bond donors (Lipinski definition) is 2. The van der Waals surface area contributed by atoms with Crippen molar-refractivity contribution in [1.29, 1.82) is 0 Å². The van der Waals surface area contributed by atoms with Crippen LogP contribution in [0.25, 0.3) is 5.69 Å². The number of nitrogens with one attached hydrogen (secondary N) is 1. The van der Waals surface area contributed by atoms with Gasteiger partial charge in [-0.2, -0.15) is 5.10 Å². The molecule has 0 saturated heterocycles. The summed E-state index contributed by atoms with van der Waals surface area (Å²) < 4.78 is 1.67. The summed E-state index contributed by atoms with van der Waals surface area (Å²) in [5, 5.41) is 20.8. The molecule has 1 aliphatic carbocycles. The lowest BCUT2D eigenvalue weighted by molar-refractivity contribution is -0.116. The van der Waals surface area contributed by atoms with Crippen LogP contribution >= 0.6 is 22.9 Å². The number of anilines is 1. The second-order valence-corrected chi connectivity index (χ2v) is 10.5. The molecule has 1 aliphatic heterocycles. The van der Waals surface area contributed by atoms with Gasteiger partial charge in [0.25, 0.3) is 0 Å². The van der Waals surface area contributed by atoms with E-state index in [0.29, 0.717) is 29.4 Å². The lowest BCUT2D eigenvalue weighted by Crippen LogP contribution is -2.30. The predicted molar refractivity (Wildman–Crippen MR) is 141 cm³/mol. The van der Waals surface area contributed by atoms with Gasteiger partial charge in [0, 0.05) is 45.0 Å². The summed E-state index contributed by atoms with van der Waals surface area (Å²) in [5.74, 6) is -0.440. The maximum absolute atomic E-state index is 13.7. The van der Waals surface area contributed by atoms with Gasteiger partial charge in [0.2, 0.25) is 0 Å². The number of rotatable bonds is 4. The molecule has 8 heteroatoms. The molecule has 0 unspecified atom stereocenters. The average molecular weight is 516 g/mol. The molecule has 0 spiro atoms. The number of ketones is 1. The van der Waals surface area contributed by atoms with Crippen molar-refractivity contribution in [3.05, 3.63) is 110 Å². The van der Waals surface area contributed by atoms with Gasteiger partial charge >= 0.3 is 5.97 Å². The Kier molecular flexibility index (Phi) is 5.54.